The van der Waals surface area contributed by atoms with Gasteiger partial charge in [-0.1, -0.05) is 267 Å². The molecule has 4 fully saturated rings. The zero-order valence-corrected chi connectivity index (χ0v) is 73.4. The molecule has 504 valence electrons. The van der Waals surface area contributed by atoms with Crippen molar-refractivity contribution in [1.29, 1.82) is 0 Å². The van der Waals surface area contributed by atoms with Gasteiger partial charge in [0.25, 0.3) is 0 Å². The van der Waals surface area contributed by atoms with Crippen molar-refractivity contribution in [3.8, 4) is 0 Å². The fourth-order valence-electron chi connectivity index (χ4n) is 17.9. The van der Waals surface area contributed by atoms with Crippen molar-refractivity contribution in [1.82, 2.24) is 0 Å². The van der Waals surface area contributed by atoms with Crippen LogP contribution in [0.1, 0.15) is 137 Å². The third-order valence-electron chi connectivity index (χ3n) is 21.5. The second-order valence-electron chi connectivity index (χ2n) is 28.5. The Hall–Kier alpha value is -1.30. The van der Waals surface area contributed by atoms with Gasteiger partial charge in [-0.3, -0.25) is 0 Å². The average molecular weight is 1750 g/mol. The minimum atomic E-state index is -1.72. The Kier molecular flexibility index (Phi) is 35.3. The fraction of sp³-hybridized carbons (Fsp3) is 0.475. The Balaban J connectivity index is 0.000000226. The molecule has 0 N–H and O–H groups in total. The maximum atomic E-state index is 4.93. The minimum Gasteiger partial charge on any atom is -0.684 e. The van der Waals surface area contributed by atoms with E-state index in [9.17, 15) is 0 Å². The molecule has 4 saturated carbocycles. The molecule has 4 nitrogen and oxygen atoms in total. The van der Waals surface area contributed by atoms with Crippen LogP contribution < -0.4 is 0 Å². The second-order valence-corrected chi connectivity index (χ2v) is 45.7. The van der Waals surface area contributed by atoms with Gasteiger partial charge < -0.3 is 36.1 Å². The van der Waals surface area contributed by atoms with Gasteiger partial charge in [-0.05, 0) is 190 Å². The second kappa shape index (κ2) is 39.8. The summed E-state index contributed by atoms with van der Waals surface area (Å²) in [4.78, 5) is 1.56. The molecule has 0 spiro atoms. The molecule has 6 aromatic rings. The number of hydrogen-bond acceptors (Lipinski definition) is 0. The summed E-state index contributed by atoms with van der Waals surface area (Å²) in [6.07, 6.45) is 15.8. The summed E-state index contributed by atoms with van der Waals surface area (Å²) in [5, 5.41) is 17.9. The molecule has 14 heteroatoms. The normalized spacial score (nSPS) is 25.8. The molecule has 0 saturated heterocycles. The Morgan fingerprint density at radius 1 is 0.426 bits per heavy atom. The van der Waals surface area contributed by atoms with Gasteiger partial charge in [-0.15, -0.1) is 48.9 Å². The van der Waals surface area contributed by atoms with Gasteiger partial charge in [-0.25, -0.2) is 0 Å². The fourth-order valence-corrected chi connectivity index (χ4v) is 32.2. The molecule has 0 aromatic heterocycles. The standard InChI is InChI=1S/C24H42Br2Si.C24H26Br2Si.2C15H16N2.2CH3.2ClH.2Zr/c2*1-13-7-9-17-19(21(13)25)11-15(3)23(17)27(5,6)24-16(4)12-20-18(24)10-8-14(2)22(20)26;2*1-3-8-14(9-4-1)16-12-7-13-17-15-10-5-2-6-11-15;;;;;;/h13-24H,7-12H2,1-6H3;7-12,23-24H,1-6H3;2*1-6,8-11H,7,12-13H2;2*1H3;2*1H;;/q;;2*-2;2*-1;;;2*+4/p-2. The van der Waals surface area contributed by atoms with E-state index >= 15 is 0 Å². The van der Waals surface area contributed by atoms with Crippen molar-refractivity contribution in [2.45, 2.75) is 165 Å². The third kappa shape index (κ3) is 20.9. The van der Waals surface area contributed by atoms with E-state index in [0.29, 0.717) is 11.1 Å². The number of allylic oxidation sites excluding steroid dienone is 2. The van der Waals surface area contributed by atoms with Gasteiger partial charge in [0.05, 0.1) is 16.1 Å². The van der Waals surface area contributed by atoms with E-state index < -0.39 is 37.0 Å². The molecule has 6 aliphatic rings. The first kappa shape index (κ1) is 83.4. The summed E-state index contributed by atoms with van der Waals surface area (Å²) in [6, 6.07) is 49.6. The van der Waals surface area contributed by atoms with Crippen molar-refractivity contribution in [2.75, 3.05) is 26.2 Å². The SMILES string of the molecule is CC1=Cc2c(ccc(C)c2Br)C1[Si](C)(C)C1C(C)=Cc2c1ccc(C)c2Br.CC1CCC2C(CC(C)C2[Si](C)(C)C2C(C)CC3C(Br)C(C)CCC32)C1Br.[CH3-].[CH3-].[Cl][Zr+2][Cl].[Zr+4].c1ccc([N-]CCC[N-]c2ccccc2)cc1.c1ccc([N-]CCC[N-]c2ccccc2)cc1. The largest absolute Gasteiger partial charge is 4.00 e. The molecular formula is C80H106Br4Cl2N4Si2Zr2. The first-order chi connectivity index (χ1) is 43.6. The third-order valence-corrected chi connectivity index (χ3v) is 36.7. The molecule has 0 bridgehead atoms. The van der Waals surface area contributed by atoms with Crippen LogP contribution in [0, 0.1) is 76.0 Å². The molecule has 0 amide bonds. The average Bonchev–Trinajstić information content (AvgIpc) is 1.57. The van der Waals surface area contributed by atoms with Crippen molar-refractivity contribution in [3.05, 3.63) is 235 Å². The first-order valence-corrected chi connectivity index (χ1v) is 49.7. The molecule has 6 aliphatic carbocycles. The summed E-state index contributed by atoms with van der Waals surface area (Å²) >= 11 is 15.2. The van der Waals surface area contributed by atoms with Gasteiger partial charge in [0.1, 0.15) is 0 Å². The van der Waals surface area contributed by atoms with Crippen LogP contribution in [-0.2, 0) is 47.1 Å². The van der Waals surface area contributed by atoms with E-state index in [4.69, 9.17) is 17.0 Å². The monoisotopic (exact) mass is 1740 g/mol. The number of fused-ring (bicyclic) bond motifs is 4. The van der Waals surface area contributed by atoms with E-state index in [-0.39, 0.29) is 41.1 Å². The maximum absolute atomic E-state index is 4.93. The quantitative estimate of drug-likeness (QED) is 0.0401. The van der Waals surface area contributed by atoms with Crippen LogP contribution in [-0.4, -0.2) is 52.0 Å². The summed E-state index contributed by atoms with van der Waals surface area (Å²) in [7, 11) is 6.82. The van der Waals surface area contributed by atoms with Crippen molar-refractivity contribution in [3.63, 3.8) is 0 Å². The number of nitrogens with zero attached hydrogens (tertiary/aromatic N) is 4. The first-order valence-electron chi connectivity index (χ1n) is 33.7. The van der Waals surface area contributed by atoms with E-state index in [1.54, 1.807) is 0 Å². The summed E-state index contributed by atoms with van der Waals surface area (Å²) in [5.74, 6) is 7.65. The number of para-hydroxylation sites is 4. The topological polar surface area (TPSA) is 56.4 Å². The van der Waals surface area contributed by atoms with Gasteiger partial charge in [0.15, 0.2) is 0 Å². The molecule has 6 aromatic carbocycles. The summed E-state index contributed by atoms with van der Waals surface area (Å²) < 4.78 is 2.54. The van der Waals surface area contributed by atoms with E-state index in [2.05, 4.69) is 203 Å². The zero-order chi connectivity index (χ0) is 65.6. The number of benzene rings is 6. The predicted molar refractivity (Wildman–Crippen MR) is 428 cm³/mol. The van der Waals surface area contributed by atoms with E-state index in [1.807, 2.05) is 121 Å². The van der Waals surface area contributed by atoms with E-state index in [1.165, 1.54) is 92.0 Å². The van der Waals surface area contributed by atoms with Gasteiger partial charge in [-0.2, -0.15) is 0 Å². The van der Waals surface area contributed by atoms with Gasteiger partial charge in [0, 0.05) is 29.7 Å². The number of alkyl halides is 2. The Labute approximate surface area is 644 Å². The molecule has 0 aliphatic heterocycles. The Bertz CT molecular complexity index is 3000. The minimum absolute atomic E-state index is 0. The smallest absolute Gasteiger partial charge is 0.684 e. The van der Waals surface area contributed by atoms with Crippen LogP contribution in [0.15, 0.2) is 166 Å². The summed E-state index contributed by atoms with van der Waals surface area (Å²) in [5.41, 5.74) is 19.0. The van der Waals surface area contributed by atoms with Gasteiger partial charge >= 0.3 is 64.1 Å². The molecule has 0 heterocycles. The zero-order valence-electron chi connectivity index (χ0n) is 58.6. The van der Waals surface area contributed by atoms with Gasteiger partial charge in [0.2, 0.25) is 0 Å². The number of rotatable bonds is 16. The van der Waals surface area contributed by atoms with Crippen molar-refractivity contribution in [2.24, 2.45) is 47.3 Å². The molecule has 14 unspecified atom stereocenters. The number of halogens is 6. The van der Waals surface area contributed by atoms with Crippen LogP contribution in [0.2, 0.25) is 37.3 Å². The Morgan fingerprint density at radius 2 is 0.713 bits per heavy atom. The molecule has 0 radical (unpaired) electrons. The number of hydrogen-bond donors (Lipinski definition) is 0. The molecule has 94 heavy (non-hydrogen) atoms. The van der Waals surface area contributed by atoms with Crippen molar-refractivity contribution < 1.29 is 47.1 Å². The number of aryl methyl sites for hydroxylation is 2. The Morgan fingerprint density at radius 3 is 1.00 bits per heavy atom. The van der Waals surface area contributed by atoms with Crippen LogP contribution in [0.5, 0.6) is 0 Å². The predicted octanol–water partition coefficient (Wildman–Crippen LogP) is 28.5. The van der Waals surface area contributed by atoms with Crippen LogP contribution in [0.4, 0.5) is 22.7 Å². The van der Waals surface area contributed by atoms with Crippen LogP contribution >= 0.6 is 80.7 Å². The molecule has 14 atom stereocenters. The van der Waals surface area contributed by atoms with Crippen molar-refractivity contribution >= 4 is 132 Å². The maximum Gasteiger partial charge on any atom is 4.00 e. The summed E-state index contributed by atoms with van der Waals surface area (Å²) in [6.45, 7) is 33.5. The molecule has 12 rings (SSSR count). The van der Waals surface area contributed by atoms with E-state index in [0.717, 1.165) is 130 Å². The van der Waals surface area contributed by atoms with Crippen LogP contribution in [0.25, 0.3) is 33.4 Å². The van der Waals surface area contributed by atoms with Crippen LogP contribution in [0.3, 0.4) is 0 Å². The molecular weight excluding hydrogens is 1650 g/mol.